The lowest BCUT2D eigenvalue weighted by Crippen LogP contribution is -2.54. The maximum Gasteiger partial charge on any atom is 0.266 e. The summed E-state index contributed by atoms with van der Waals surface area (Å²) in [6.45, 7) is 2.97. The van der Waals surface area contributed by atoms with E-state index < -0.39 is 29.7 Å². The normalized spacial score (nSPS) is 15.5. The summed E-state index contributed by atoms with van der Waals surface area (Å²) in [5, 5.41) is 6.45. The van der Waals surface area contributed by atoms with Gasteiger partial charge in [0.2, 0.25) is 11.8 Å². The molecule has 4 aromatic carbocycles. The standard InChI is InChI=1S/C52H48N8O7/c1-53-48-39-24-27-59(31-42(39)55-47(57-48)37-29-36-10-3-4-12-41(36)54-30-37)50(63)35-18-14-34(15-19-35)32-67-38-20-16-33(17-21-38)9-8-26-58(2)25-5-6-28-66-44-13-7-11-40-46(44)52(65)60(51(40)64)43-22-23-45(61)56-49(43)62/h3-4,7,10-21,29-30,43H,5-6,22-28,31-32H2,1-2H3,(H,53,55,57)(H,56,61,62). The highest BCUT2D eigenvalue weighted by Gasteiger charge is 2.46. The predicted octanol–water partition coefficient (Wildman–Crippen LogP) is 6.05. The molecule has 1 saturated heterocycles. The van der Waals surface area contributed by atoms with Crippen molar-refractivity contribution in [3.63, 3.8) is 0 Å². The third-order valence-electron chi connectivity index (χ3n) is 12.1. The zero-order chi connectivity index (χ0) is 46.4. The monoisotopic (exact) mass is 896 g/mol. The number of hydrogen-bond donors (Lipinski definition) is 2. The van der Waals surface area contributed by atoms with Crippen molar-refractivity contribution in [1.82, 2.24) is 35.0 Å². The third kappa shape index (κ3) is 9.71. The Balaban J connectivity index is 0.705. The zero-order valence-corrected chi connectivity index (χ0v) is 37.2. The molecule has 1 atom stereocenters. The highest BCUT2D eigenvalue weighted by Crippen LogP contribution is 2.34. The molecular formula is C52H48N8O7. The molecule has 0 bridgehead atoms. The van der Waals surface area contributed by atoms with Gasteiger partial charge in [-0.1, -0.05) is 48.2 Å². The van der Waals surface area contributed by atoms with Crippen molar-refractivity contribution in [2.45, 2.75) is 51.3 Å². The maximum atomic E-state index is 13.7. The summed E-state index contributed by atoms with van der Waals surface area (Å²) in [7, 11) is 3.85. The van der Waals surface area contributed by atoms with Gasteiger partial charge in [0.25, 0.3) is 17.7 Å². The van der Waals surface area contributed by atoms with Crippen molar-refractivity contribution in [1.29, 1.82) is 0 Å². The summed E-state index contributed by atoms with van der Waals surface area (Å²) in [4.78, 5) is 83.3. The van der Waals surface area contributed by atoms with Crippen molar-refractivity contribution in [2.24, 2.45) is 0 Å². The number of unbranched alkanes of at least 4 members (excludes halogenated alkanes) is 1. The Bertz CT molecular complexity index is 2960. The van der Waals surface area contributed by atoms with Crippen LogP contribution in [0.25, 0.3) is 22.3 Å². The molecule has 3 aliphatic heterocycles. The molecule has 9 rings (SSSR count). The number of carbonyl (C=O) groups excluding carboxylic acids is 5. The predicted molar refractivity (Wildman–Crippen MR) is 250 cm³/mol. The molecule has 1 unspecified atom stereocenters. The molecule has 67 heavy (non-hydrogen) atoms. The van der Waals surface area contributed by atoms with Crippen LogP contribution in [0, 0.1) is 11.8 Å². The van der Waals surface area contributed by atoms with Crippen LogP contribution in [0.4, 0.5) is 5.82 Å². The Morgan fingerprint density at radius 1 is 0.910 bits per heavy atom. The summed E-state index contributed by atoms with van der Waals surface area (Å²) in [6.07, 6.45) is 4.12. The SMILES string of the molecule is CNc1nc(-c2cnc3ccccc3c2)nc2c1CCN(C(=O)c1ccc(COc3ccc(C#CCN(C)CCCCOc4cccc5c4C(=O)N(C4CCC(=O)NC4=O)C5=O)cc3)cc1)C2. The van der Waals surface area contributed by atoms with E-state index in [1.54, 1.807) is 24.4 Å². The molecule has 6 aromatic rings. The number of carbonyl (C=O) groups is 5. The molecule has 3 aliphatic rings. The van der Waals surface area contributed by atoms with E-state index in [2.05, 4.69) is 32.4 Å². The van der Waals surface area contributed by atoms with Gasteiger partial charge in [0, 0.05) is 53.9 Å². The molecule has 1 fully saturated rings. The molecule has 0 aliphatic carbocycles. The summed E-state index contributed by atoms with van der Waals surface area (Å²) < 4.78 is 12.0. The number of ether oxygens (including phenoxy) is 2. The number of aromatic nitrogens is 3. The average Bonchev–Trinajstić information content (AvgIpc) is 3.61. The second-order valence-corrected chi connectivity index (χ2v) is 16.7. The fourth-order valence-corrected chi connectivity index (χ4v) is 8.49. The Kier molecular flexibility index (Phi) is 13.0. The second-order valence-electron chi connectivity index (χ2n) is 16.7. The molecular weight excluding hydrogens is 849 g/mol. The molecule has 0 radical (unpaired) electrons. The van der Waals surface area contributed by atoms with E-state index in [9.17, 15) is 24.0 Å². The minimum Gasteiger partial charge on any atom is -0.493 e. The molecule has 15 heteroatoms. The quantitative estimate of drug-likeness (QED) is 0.0737. The van der Waals surface area contributed by atoms with E-state index in [0.717, 1.165) is 62.5 Å². The number of amides is 5. The number of anilines is 1. The van der Waals surface area contributed by atoms with Crippen molar-refractivity contribution in [3.05, 3.63) is 142 Å². The Morgan fingerprint density at radius 2 is 1.73 bits per heavy atom. The zero-order valence-electron chi connectivity index (χ0n) is 37.2. The van der Waals surface area contributed by atoms with Crippen molar-refractivity contribution < 1.29 is 33.4 Å². The number of piperidine rings is 1. The van der Waals surface area contributed by atoms with Gasteiger partial charge in [-0.2, -0.15) is 0 Å². The van der Waals surface area contributed by atoms with Crippen molar-refractivity contribution >= 4 is 46.3 Å². The lowest BCUT2D eigenvalue weighted by atomic mass is 10.0. The van der Waals surface area contributed by atoms with Crippen molar-refractivity contribution in [2.75, 3.05) is 45.7 Å². The number of para-hydroxylation sites is 1. The fourth-order valence-electron chi connectivity index (χ4n) is 8.49. The van der Waals surface area contributed by atoms with Crippen LogP contribution in [0.5, 0.6) is 11.5 Å². The van der Waals surface area contributed by atoms with Crippen LogP contribution in [0.1, 0.15) is 79.1 Å². The van der Waals surface area contributed by atoms with Gasteiger partial charge < -0.3 is 19.7 Å². The molecule has 0 saturated carbocycles. The Morgan fingerprint density at radius 3 is 2.54 bits per heavy atom. The van der Waals surface area contributed by atoms with Gasteiger partial charge in [-0.05, 0) is 106 Å². The summed E-state index contributed by atoms with van der Waals surface area (Å²) in [5.41, 5.74) is 6.32. The fraction of sp³-hybridized carbons (Fsp3) is 0.269. The van der Waals surface area contributed by atoms with Gasteiger partial charge in [-0.3, -0.25) is 44.1 Å². The molecule has 2 aromatic heterocycles. The van der Waals surface area contributed by atoms with E-state index >= 15 is 0 Å². The third-order valence-corrected chi connectivity index (χ3v) is 12.1. The van der Waals surface area contributed by atoms with Crippen molar-refractivity contribution in [3.8, 4) is 34.7 Å². The summed E-state index contributed by atoms with van der Waals surface area (Å²) in [6, 6.07) is 28.9. The first kappa shape index (κ1) is 44.3. The number of fused-ring (bicyclic) bond motifs is 3. The number of pyridine rings is 1. The van der Waals surface area contributed by atoms with Gasteiger partial charge in [0.05, 0.1) is 42.0 Å². The molecule has 0 spiro atoms. The number of nitrogens with zero attached hydrogens (tertiary/aromatic N) is 6. The largest absolute Gasteiger partial charge is 0.493 e. The number of benzene rings is 4. The van der Waals surface area contributed by atoms with Crippen LogP contribution in [-0.4, -0.2) is 106 Å². The van der Waals surface area contributed by atoms with E-state index in [1.165, 1.54) is 0 Å². The van der Waals surface area contributed by atoms with E-state index in [0.29, 0.717) is 68.6 Å². The van der Waals surface area contributed by atoms with E-state index in [-0.39, 0.29) is 29.9 Å². The topological polar surface area (TPSA) is 176 Å². The molecule has 5 heterocycles. The molecule has 5 amide bonds. The first-order valence-corrected chi connectivity index (χ1v) is 22.3. The van der Waals surface area contributed by atoms with Crippen LogP contribution >= 0.6 is 0 Å². The van der Waals surface area contributed by atoms with Gasteiger partial charge in [-0.25, -0.2) is 9.97 Å². The number of hydrogen-bond acceptors (Lipinski definition) is 12. The number of rotatable bonds is 14. The minimum atomic E-state index is -1.03. The van der Waals surface area contributed by atoms with E-state index in [1.807, 2.05) is 97.9 Å². The average molecular weight is 897 g/mol. The molecule has 338 valence electrons. The maximum absolute atomic E-state index is 13.7. The Hall–Kier alpha value is -7.96. The summed E-state index contributed by atoms with van der Waals surface area (Å²) >= 11 is 0. The first-order chi connectivity index (χ1) is 32.6. The van der Waals surface area contributed by atoms with Crippen LogP contribution in [0.3, 0.4) is 0 Å². The van der Waals surface area contributed by atoms with Crippen LogP contribution in [-0.2, 0) is 29.2 Å². The lowest BCUT2D eigenvalue weighted by Gasteiger charge is -2.29. The first-order valence-electron chi connectivity index (χ1n) is 22.3. The molecule has 15 nitrogen and oxygen atoms in total. The highest BCUT2D eigenvalue weighted by molar-refractivity contribution is 6.24. The highest BCUT2D eigenvalue weighted by atomic mass is 16.5. The van der Waals surface area contributed by atoms with E-state index in [4.69, 9.17) is 19.4 Å². The van der Waals surface area contributed by atoms with Gasteiger partial charge in [-0.15, -0.1) is 0 Å². The van der Waals surface area contributed by atoms with Gasteiger partial charge in [0.1, 0.15) is 30.0 Å². The van der Waals surface area contributed by atoms with Crippen LogP contribution in [0.2, 0.25) is 0 Å². The van der Waals surface area contributed by atoms with Crippen LogP contribution in [0.15, 0.2) is 103 Å². The number of imide groups is 2. The van der Waals surface area contributed by atoms with Crippen LogP contribution < -0.4 is 20.1 Å². The smallest absolute Gasteiger partial charge is 0.266 e. The second kappa shape index (κ2) is 19.6. The summed E-state index contributed by atoms with van der Waals surface area (Å²) in [5.74, 6) is 6.51. The number of nitrogens with one attached hydrogen (secondary N) is 2. The Labute approximate surface area is 387 Å². The molecule has 2 N–H and O–H groups in total. The minimum absolute atomic E-state index is 0.0559. The van der Waals surface area contributed by atoms with Gasteiger partial charge in [0.15, 0.2) is 5.82 Å². The van der Waals surface area contributed by atoms with Gasteiger partial charge >= 0.3 is 0 Å². The lowest BCUT2D eigenvalue weighted by molar-refractivity contribution is -0.136.